The van der Waals surface area contributed by atoms with Gasteiger partial charge >= 0.3 is 0 Å². The van der Waals surface area contributed by atoms with Crippen LogP contribution in [0.1, 0.15) is 33.5 Å². The molecule has 0 fully saturated rings. The summed E-state index contributed by atoms with van der Waals surface area (Å²) < 4.78 is 16.3. The lowest BCUT2D eigenvalue weighted by Gasteiger charge is -2.37. The van der Waals surface area contributed by atoms with Gasteiger partial charge in [0.1, 0.15) is 17.4 Å². The van der Waals surface area contributed by atoms with E-state index in [-0.39, 0.29) is 5.56 Å². The van der Waals surface area contributed by atoms with Gasteiger partial charge in [0.15, 0.2) is 0 Å². The Morgan fingerprint density at radius 3 is 1.76 bits per heavy atom. The first-order valence-corrected chi connectivity index (χ1v) is 11.1. The third-order valence-electron chi connectivity index (χ3n) is 6.14. The van der Waals surface area contributed by atoms with Gasteiger partial charge in [0, 0.05) is 12.6 Å². The van der Waals surface area contributed by atoms with Crippen LogP contribution < -0.4 is 0 Å². The first-order chi connectivity index (χ1) is 16.7. The molecule has 0 aliphatic rings. The molecule has 4 aromatic carbocycles. The molecule has 1 heterocycles. The summed E-state index contributed by atoms with van der Waals surface area (Å²) in [6, 6.07) is 37.7. The minimum atomic E-state index is -0.634. The fourth-order valence-electron chi connectivity index (χ4n) is 4.59. The Morgan fingerprint density at radius 2 is 1.29 bits per heavy atom. The quantitative estimate of drug-likeness (QED) is 0.288. The van der Waals surface area contributed by atoms with Crippen LogP contribution in [0.25, 0.3) is 0 Å². The van der Waals surface area contributed by atoms with Crippen LogP contribution in [0.5, 0.6) is 0 Å². The lowest BCUT2D eigenvalue weighted by Crippen LogP contribution is -2.36. The second-order valence-electron chi connectivity index (χ2n) is 8.18. The largest absolute Gasteiger partial charge is 0.319 e. The minimum Gasteiger partial charge on any atom is -0.319 e. The number of nitriles is 1. The van der Waals surface area contributed by atoms with Gasteiger partial charge in [-0.25, -0.2) is 9.37 Å². The van der Waals surface area contributed by atoms with Crippen LogP contribution in [0.4, 0.5) is 4.39 Å². The van der Waals surface area contributed by atoms with Gasteiger partial charge < -0.3 is 4.57 Å². The molecule has 5 rings (SSSR count). The van der Waals surface area contributed by atoms with E-state index in [4.69, 9.17) is 10.2 Å². The molecule has 0 unspecified atom stereocenters. The van der Waals surface area contributed by atoms with E-state index in [0.717, 1.165) is 27.9 Å². The van der Waals surface area contributed by atoms with Crippen molar-refractivity contribution in [3.8, 4) is 6.07 Å². The van der Waals surface area contributed by atoms with Crippen molar-refractivity contribution in [2.45, 2.75) is 12.0 Å². The average molecular weight is 444 g/mol. The second kappa shape index (κ2) is 9.17. The van der Waals surface area contributed by atoms with Crippen LogP contribution in [0.2, 0.25) is 0 Å². The second-order valence-corrected chi connectivity index (χ2v) is 8.18. The van der Waals surface area contributed by atoms with Crippen LogP contribution in [0, 0.1) is 17.1 Å². The summed E-state index contributed by atoms with van der Waals surface area (Å²) in [6.07, 6.45) is 4.34. The third kappa shape index (κ3) is 3.78. The van der Waals surface area contributed by atoms with Crippen molar-refractivity contribution in [2.75, 3.05) is 0 Å². The molecule has 0 saturated heterocycles. The maximum atomic E-state index is 14.2. The third-order valence-corrected chi connectivity index (χ3v) is 6.14. The molecule has 34 heavy (non-hydrogen) atoms. The molecule has 0 aliphatic carbocycles. The maximum absolute atomic E-state index is 14.2. The molecular weight excluding hydrogens is 421 g/mol. The van der Waals surface area contributed by atoms with Crippen LogP contribution in [0.15, 0.2) is 122 Å². The molecule has 164 valence electrons. The number of halogens is 1. The molecule has 0 bridgehead atoms. The fourth-order valence-corrected chi connectivity index (χ4v) is 4.59. The van der Waals surface area contributed by atoms with Gasteiger partial charge in [-0.3, -0.25) is 0 Å². The Labute approximate surface area is 198 Å². The Hall–Kier alpha value is -4.49. The van der Waals surface area contributed by atoms with Crippen LogP contribution in [0.3, 0.4) is 0 Å². The molecule has 0 radical (unpaired) electrons. The van der Waals surface area contributed by atoms with Crippen molar-refractivity contribution in [3.63, 3.8) is 0 Å². The molecule has 0 atom stereocenters. The summed E-state index contributed by atoms with van der Waals surface area (Å²) >= 11 is 0. The van der Waals surface area contributed by atoms with E-state index < -0.39 is 11.4 Å². The molecule has 1 aromatic heterocycles. The summed E-state index contributed by atoms with van der Waals surface area (Å²) in [5.74, 6) is -0.508. The molecular formula is C30H22FN3. The fraction of sp³-hybridized carbons (Fsp3) is 0.0667. The van der Waals surface area contributed by atoms with Crippen LogP contribution in [-0.2, 0) is 12.0 Å². The van der Waals surface area contributed by atoms with Crippen LogP contribution in [-0.4, -0.2) is 9.55 Å². The zero-order valence-corrected chi connectivity index (χ0v) is 18.5. The SMILES string of the molecule is N#Cc1ccc(Cc2cn(C(c3ccccc3)(c3ccccc3)c3ccccc3)cn2)cc1F. The predicted molar refractivity (Wildman–Crippen MR) is 131 cm³/mol. The number of hydrogen-bond donors (Lipinski definition) is 0. The van der Waals surface area contributed by atoms with Gasteiger partial charge in [0.2, 0.25) is 0 Å². The first-order valence-electron chi connectivity index (χ1n) is 11.1. The summed E-state index contributed by atoms with van der Waals surface area (Å²) in [6.45, 7) is 0. The van der Waals surface area contributed by atoms with E-state index in [2.05, 4.69) is 41.0 Å². The number of rotatable bonds is 6. The Kier molecular flexibility index (Phi) is 5.76. The smallest absolute Gasteiger partial charge is 0.141 e. The normalized spacial score (nSPS) is 11.2. The lowest BCUT2D eigenvalue weighted by atomic mass is 9.77. The van der Waals surface area contributed by atoms with Gasteiger partial charge in [-0.05, 0) is 34.4 Å². The van der Waals surface area contributed by atoms with Crippen molar-refractivity contribution in [1.29, 1.82) is 5.26 Å². The standard InChI is InChI=1S/C30H22FN3/c31-29-19-23(16-17-24(29)20-32)18-28-21-34(22-33-28)30(25-10-4-1-5-11-25,26-12-6-2-7-13-26)27-14-8-3-9-15-27/h1-17,19,21-22H,18H2. The monoisotopic (exact) mass is 443 g/mol. The summed E-state index contributed by atoms with van der Waals surface area (Å²) in [7, 11) is 0. The van der Waals surface area contributed by atoms with Crippen molar-refractivity contribution < 1.29 is 4.39 Å². The summed E-state index contributed by atoms with van der Waals surface area (Å²) in [4.78, 5) is 4.70. The minimum absolute atomic E-state index is 0.0468. The molecule has 0 N–H and O–H groups in total. The molecule has 0 aliphatic heterocycles. The highest BCUT2D eigenvalue weighted by molar-refractivity contribution is 5.50. The van der Waals surface area contributed by atoms with Crippen molar-refractivity contribution in [1.82, 2.24) is 9.55 Å². The molecule has 5 aromatic rings. The van der Waals surface area contributed by atoms with Crippen molar-refractivity contribution in [2.24, 2.45) is 0 Å². The molecule has 0 spiro atoms. The lowest BCUT2D eigenvalue weighted by molar-refractivity contribution is 0.514. The maximum Gasteiger partial charge on any atom is 0.141 e. The van der Waals surface area contributed by atoms with E-state index in [0.29, 0.717) is 6.42 Å². The average Bonchev–Trinajstić information content (AvgIpc) is 3.35. The van der Waals surface area contributed by atoms with E-state index in [1.54, 1.807) is 6.07 Å². The topological polar surface area (TPSA) is 41.6 Å². The van der Waals surface area contributed by atoms with Gasteiger partial charge in [0.25, 0.3) is 0 Å². The van der Waals surface area contributed by atoms with E-state index in [1.807, 2.05) is 73.2 Å². The van der Waals surface area contributed by atoms with Gasteiger partial charge in [-0.2, -0.15) is 5.26 Å². The van der Waals surface area contributed by atoms with Crippen molar-refractivity contribution >= 4 is 0 Å². The highest BCUT2D eigenvalue weighted by atomic mass is 19.1. The number of nitrogens with zero attached hydrogens (tertiary/aromatic N) is 3. The molecule has 0 saturated carbocycles. The number of hydrogen-bond acceptors (Lipinski definition) is 2. The molecule has 0 amide bonds. The summed E-state index contributed by atoms with van der Waals surface area (Å²) in [5.41, 5.74) is 4.33. The Morgan fingerprint density at radius 1 is 0.765 bits per heavy atom. The molecule has 3 nitrogen and oxygen atoms in total. The number of benzene rings is 4. The van der Waals surface area contributed by atoms with Gasteiger partial charge in [-0.15, -0.1) is 0 Å². The van der Waals surface area contributed by atoms with Crippen molar-refractivity contribution in [3.05, 3.63) is 161 Å². The van der Waals surface area contributed by atoms with E-state index >= 15 is 0 Å². The Bertz CT molecular complexity index is 1340. The number of aromatic nitrogens is 2. The Balaban J connectivity index is 1.67. The van der Waals surface area contributed by atoms with Gasteiger partial charge in [-0.1, -0.05) is 97.1 Å². The van der Waals surface area contributed by atoms with Crippen LogP contribution >= 0.6 is 0 Å². The highest BCUT2D eigenvalue weighted by Crippen LogP contribution is 2.40. The first kappa shape index (κ1) is 21.4. The van der Waals surface area contributed by atoms with Gasteiger partial charge in [0.05, 0.1) is 17.6 Å². The predicted octanol–water partition coefficient (Wildman–Crippen LogP) is 6.32. The molecule has 4 heteroatoms. The zero-order chi connectivity index (χ0) is 23.4. The van der Waals surface area contributed by atoms with E-state index in [1.165, 1.54) is 12.1 Å². The number of imidazole rings is 1. The van der Waals surface area contributed by atoms with E-state index in [9.17, 15) is 4.39 Å². The zero-order valence-electron chi connectivity index (χ0n) is 18.5. The highest BCUT2D eigenvalue weighted by Gasteiger charge is 2.38. The summed E-state index contributed by atoms with van der Waals surface area (Å²) in [5, 5.41) is 9.01.